The molecule has 4 atom stereocenters. The van der Waals surface area contributed by atoms with Crippen molar-refractivity contribution in [2.24, 2.45) is 23.7 Å². The van der Waals surface area contributed by atoms with E-state index in [4.69, 9.17) is 0 Å². The van der Waals surface area contributed by atoms with Crippen molar-refractivity contribution in [1.29, 1.82) is 0 Å². The van der Waals surface area contributed by atoms with Crippen molar-refractivity contribution >= 4 is 11.8 Å². The molecule has 0 radical (unpaired) electrons. The molecule has 0 amide bonds. The molecule has 0 saturated carbocycles. The molecule has 0 aromatic heterocycles. The molecule has 2 rings (SSSR count). The maximum Gasteiger partial charge on any atom is 0.00841 e. The lowest BCUT2D eigenvalue weighted by Gasteiger charge is -2.30. The minimum Gasteiger partial charge on any atom is -0.155 e. The van der Waals surface area contributed by atoms with Crippen molar-refractivity contribution in [3.63, 3.8) is 0 Å². The van der Waals surface area contributed by atoms with Crippen LogP contribution < -0.4 is 0 Å². The van der Waals surface area contributed by atoms with Crippen LogP contribution in [-0.2, 0) is 0 Å². The van der Waals surface area contributed by atoms with Gasteiger partial charge in [-0.05, 0) is 36.5 Å². The third-order valence-electron chi connectivity index (χ3n) is 4.03. The fraction of sp³-hybridized carbons (Fsp3) is 1.00. The second kappa shape index (κ2) is 3.49. The van der Waals surface area contributed by atoms with E-state index in [-0.39, 0.29) is 0 Å². The molecule has 0 nitrogen and oxygen atoms in total. The fourth-order valence-electron chi connectivity index (χ4n) is 3.13. The minimum atomic E-state index is 0.913. The lowest BCUT2D eigenvalue weighted by atomic mass is 9.73. The van der Waals surface area contributed by atoms with Crippen LogP contribution in [0.25, 0.3) is 0 Å². The van der Waals surface area contributed by atoms with Gasteiger partial charge in [0.2, 0.25) is 0 Å². The quantitative estimate of drug-likeness (QED) is 0.650. The molecule has 2 fully saturated rings. The molecule has 4 unspecified atom stereocenters. The molecule has 2 heterocycles. The Kier molecular flexibility index (Phi) is 2.65. The van der Waals surface area contributed by atoms with Crippen LogP contribution in [0.5, 0.6) is 0 Å². The normalized spacial score (nSPS) is 43.8. The summed E-state index contributed by atoms with van der Waals surface area (Å²) in [7, 11) is 0. The van der Waals surface area contributed by atoms with Crippen LogP contribution in [-0.4, -0.2) is 10.5 Å². The Bertz CT molecular complexity index is 166. The van der Waals surface area contributed by atoms with Crippen LogP contribution in [0.4, 0.5) is 0 Å². The van der Waals surface area contributed by atoms with Gasteiger partial charge < -0.3 is 0 Å². The summed E-state index contributed by atoms with van der Waals surface area (Å²) in [6, 6.07) is 0. The highest BCUT2D eigenvalue weighted by molar-refractivity contribution is 8.01. The van der Waals surface area contributed by atoms with Crippen molar-refractivity contribution < 1.29 is 0 Å². The Morgan fingerprint density at radius 1 is 0.846 bits per heavy atom. The molecule has 0 aromatic carbocycles. The Morgan fingerprint density at radius 2 is 1.23 bits per heavy atom. The summed E-state index contributed by atoms with van der Waals surface area (Å²) in [5.41, 5.74) is 0. The molecule has 76 valence electrons. The number of rotatable bonds is 2. The van der Waals surface area contributed by atoms with Gasteiger partial charge >= 0.3 is 0 Å². The van der Waals surface area contributed by atoms with Crippen molar-refractivity contribution in [2.45, 2.75) is 51.0 Å². The highest BCUT2D eigenvalue weighted by Gasteiger charge is 2.47. The summed E-state index contributed by atoms with van der Waals surface area (Å²) >= 11 is 2.30. The van der Waals surface area contributed by atoms with E-state index in [0.717, 1.165) is 34.2 Å². The molecule has 0 N–H and O–H groups in total. The number of thioether (sulfide) groups is 1. The Hall–Kier alpha value is 0.350. The van der Waals surface area contributed by atoms with Gasteiger partial charge in [-0.15, -0.1) is 0 Å². The van der Waals surface area contributed by atoms with Gasteiger partial charge in [-0.3, -0.25) is 0 Å². The van der Waals surface area contributed by atoms with Gasteiger partial charge in [0.1, 0.15) is 0 Å². The zero-order chi connectivity index (χ0) is 9.59. The molecular weight excluding hydrogens is 176 g/mol. The van der Waals surface area contributed by atoms with E-state index < -0.39 is 0 Å². The van der Waals surface area contributed by atoms with Gasteiger partial charge in [0.25, 0.3) is 0 Å². The number of fused-ring (bicyclic) bond motifs is 2. The molecular formula is C12H22S. The van der Waals surface area contributed by atoms with E-state index in [1.807, 2.05) is 0 Å². The third-order valence-corrected chi connectivity index (χ3v) is 5.81. The second-order valence-corrected chi connectivity index (χ2v) is 6.98. The minimum absolute atomic E-state index is 0.913. The lowest BCUT2D eigenvalue weighted by molar-refractivity contribution is 0.232. The van der Waals surface area contributed by atoms with Gasteiger partial charge in [0.15, 0.2) is 0 Å². The molecule has 2 aliphatic rings. The zero-order valence-corrected chi connectivity index (χ0v) is 10.1. The van der Waals surface area contributed by atoms with E-state index in [9.17, 15) is 0 Å². The van der Waals surface area contributed by atoms with Crippen LogP contribution in [0.15, 0.2) is 0 Å². The van der Waals surface area contributed by atoms with Gasteiger partial charge in [0, 0.05) is 10.5 Å². The largest absolute Gasteiger partial charge is 0.155 e. The van der Waals surface area contributed by atoms with Crippen molar-refractivity contribution in [3.8, 4) is 0 Å². The maximum absolute atomic E-state index is 2.40. The first kappa shape index (κ1) is 9.89. The zero-order valence-electron chi connectivity index (χ0n) is 9.29. The Balaban J connectivity index is 1.99. The molecule has 13 heavy (non-hydrogen) atoms. The third kappa shape index (κ3) is 1.65. The average Bonchev–Trinajstić information content (AvgIpc) is 2.60. The summed E-state index contributed by atoms with van der Waals surface area (Å²) in [4.78, 5) is 0. The summed E-state index contributed by atoms with van der Waals surface area (Å²) in [5, 5.41) is 2.02. The predicted octanol–water partition coefficient (Wildman–Crippen LogP) is 3.81. The highest BCUT2D eigenvalue weighted by Crippen LogP contribution is 2.56. The number of hydrogen-bond acceptors (Lipinski definition) is 1. The van der Waals surface area contributed by atoms with Crippen LogP contribution in [0, 0.1) is 23.7 Å². The molecule has 2 saturated heterocycles. The Morgan fingerprint density at radius 3 is 1.46 bits per heavy atom. The fourth-order valence-corrected chi connectivity index (χ4v) is 5.50. The first-order chi connectivity index (χ1) is 6.09. The standard InChI is InChI=1S/C12H22S/c1-7(2)9-5-12-10(8(3)4)6-11(9)13-12/h7-12H,5-6H2,1-4H3. The Labute approximate surface area is 86.9 Å². The molecule has 0 spiro atoms. The maximum atomic E-state index is 2.40. The lowest BCUT2D eigenvalue weighted by Crippen LogP contribution is -2.29. The van der Waals surface area contributed by atoms with Gasteiger partial charge in [0.05, 0.1) is 0 Å². The van der Waals surface area contributed by atoms with Crippen molar-refractivity contribution in [3.05, 3.63) is 0 Å². The summed E-state index contributed by atoms with van der Waals surface area (Å²) in [6.45, 7) is 9.60. The van der Waals surface area contributed by atoms with Crippen LogP contribution in [0.1, 0.15) is 40.5 Å². The van der Waals surface area contributed by atoms with Crippen molar-refractivity contribution in [1.82, 2.24) is 0 Å². The van der Waals surface area contributed by atoms with E-state index >= 15 is 0 Å². The smallest absolute Gasteiger partial charge is 0.00841 e. The molecule has 2 aliphatic heterocycles. The van der Waals surface area contributed by atoms with E-state index in [1.165, 1.54) is 12.8 Å². The molecule has 0 aliphatic carbocycles. The number of hydrogen-bond donors (Lipinski definition) is 0. The summed E-state index contributed by atoms with van der Waals surface area (Å²) in [5.74, 6) is 3.89. The van der Waals surface area contributed by atoms with E-state index in [1.54, 1.807) is 0 Å². The van der Waals surface area contributed by atoms with Gasteiger partial charge in [-0.1, -0.05) is 27.7 Å². The van der Waals surface area contributed by atoms with Crippen LogP contribution in [0.2, 0.25) is 0 Å². The van der Waals surface area contributed by atoms with Gasteiger partial charge in [-0.2, -0.15) is 11.8 Å². The monoisotopic (exact) mass is 198 g/mol. The van der Waals surface area contributed by atoms with E-state index in [0.29, 0.717) is 0 Å². The SMILES string of the molecule is CC(C)C1CC2SC1CC2C(C)C. The molecule has 2 bridgehead atoms. The van der Waals surface area contributed by atoms with Crippen molar-refractivity contribution in [2.75, 3.05) is 0 Å². The first-order valence-corrected chi connectivity index (χ1v) is 6.69. The average molecular weight is 198 g/mol. The molecule has 1 heteroatoms. The van der Waals surface area contributed by atoms with E-state index in [2.05, 4.69) is 39.5 Å². The molecule has 0 aromatic rings. The van der Waals surface area contributed by atoms with Crippen LogP contribution in [0.3, 0.4) is 0 Å². The summed E-state index contributed by atoms with van der Waals surface area (Å²) in [6.07, 6.45) is 3.02. The topological polar surface area (TPSA) is 0 Å². The van der Waals surface area contributed by atoms with Gasteiger partial charge in [-0.25, -0.2) is 0 Å². The second-order valence-electron chi connectivity index (χ2n) is 5.50. The highest BCUT2D eigenvalue weighted by atomic mass is 32.2. The van der Waals surface area contributed by atoms with Crippen LogP contribution >= 0.6 is 11.8 Å². The first-order valence-electron chi connectivity index (χ1n) is 5.75. The predicted molar refractivity (Wildman–Crippen MR) is 61.1 cm³/mol. The summed E-state index contributed by atoms with van der Waals surface area (Å²) < 4.78 is 0.